The van der Waals surface area contributed by atoms with Crippen molar-refractivity contribution >= 4 is 0 Å². The van der Waals surface area contributed by atoms with Crippen molar-refractivity contribution in [3.63, 3.8) is 0 Å². The molecule has 1 radical (unpaired) electrons. The standard InChI is InChI=1S/C8H17O3/c1-8(9)4-3-5-11-7-6-10-2/h8-9H,1,3-7H2,2H3. The van der Waals surface area contributed by atoms with Gasteiger partial charge >= 0.3 is 0 Å². The first kappa shape index (κ1) is 10.9. The lowest BCUT2D eigenvalue weighted by Gasteiger charge is -2.04. The van der Waals surface area contributed by atoms with Gasteiger partial charge in [0.05, 0.1) is 19.3 Å². The summed E-state index contributed by atoms with van der Waals surface area (Å²) in [4.78, 5) is 0. The van der Waals surface area contributed by atoms with Gasteiger partial charge < -0.3 is 14.6 Å². The zero-order valence-electron chi connectivity index (χ0n) is 7.08. The maximum atomic E-state index is 8.76. The van der Waals surface area contributed by atoms with Gasteiger partial charge in [0.2, 0.25) is 0 Å². The Hall–Kier alpha value is -0.120. The van der Waals surface area contributed by atoms with Gasteiger partial charge in [0, 0.05) is 13.7 Å². The van der Waals surface area contributed by atoms with Crippen molar-refractivity contribution in [2.75, 3.05) is 26.9 Å². The van der Waals surface area contributed by atoms with E-state index < -0.39 is 6.10 Å². The van der Waals surface area contributed by atoms with Crippen molar-refractivity contribution in [2.24, 2.45) is 0 Å². The number of ether oxygens (including phenoxy) is 2. The average molecular weight is 161 g/mol. The van der Waals surface area contributed by atoms with E-state index in [4.69, 9.17) is 14.6 Å². The number of methoxy groups -OCH3 is 1. The molecule has 0 saturated heterocycles. The fourth-order valence-corrected chi connectivity index (χ4v) is 0.665. The molecule has 0 heterocycles. The summed E-state index contributed by atoms with van der Waals surface area (Å²) in [7, 11) is 1.64. The highest BCUT2D eigenvalue weighted by Crippen LogP contribution is 1.94. The van der Waals surface area contributed by atoms with Crippen LogP contribution < -0.4 is 0 Å². The van der Waals surface area contributed by atoms with Crippen LogP contribution in [0.25, 0.3) is 0 Å². The summed E-state index contributed by atoms with van der Waals surface area (Å²) in [5.41, 5.74) is 0. The summed E-state index contributed by atoms with van der Waals surface area (Å²) in [5, 5.41) is 8.76. The van der Waals surface area contributed by atoms with Crippen LogP contribution in [0.4, 0.5) is 0 Å². The number of hydrogen-bond acceptors (Lipinski definition) is 3. The molecule has 0 aromatic carbocycles. The van der Waals surface area contributed by atoms with E-state index in [9.17, 15) is 0 Å². The van der Waals surface area contributed by atoms with Gasteiger partial charge in [-0.1, -0.05) is 0 Å². The fraction of sp³-hybridized carbons (Fsp3) is 0.875. The van der Waals surface area contributed by atoms with Crippen LogP contribution >= 0.6 is 0 Å². The minimum absolute atomic E-state index is 0.457. The second kappa shape index (κ2) is 7.98. The van der Waals surface area contributed by atoms with Crippen LogP contribution in [-0.4, -0.2) is 38.1 Å². The predicted octanol–water partition coefficient (Wildman–Crippen LogP) is 0.625. The SMILES string of the molecule is [CH2]C(O)CCCOCCOC. The van der Waals surface area contributed by atoms with E-state index in [-0.39, 0.29) is 0 Å². The zero-order chi connectivity index (χ0) is 8.53. The molecule has 1 atom stereocenters. The molecular formula is C8H17O3. The highest BCUT2D eigenvalue weighted by molar-refractivity contribution is 4.55. The molecule has 0 aliphatic carbocycles. The second-order valence-electron chi connectivity index (χ2n) is 2.40. The highest BCUT2D eigenvalue weighted by atomic mass is 16.5. The van der Waals surface area contributed by atoms with E-state index in [1.807, 2.05) is 0 Å². The Morgan fingerprint density at radius 1 is 1.36 bits per heavy atom. The first-order valence-electron chi connectivity index (χ1n) is 3.85. The summed E-state index contributed by atoms with van der Waals surface area (Å²) in [6.07, 6.45) is 1.10. The summed E-state index contributed by atoms with van der Waals surface area (Å²) < 4.78 is 9.94. The molecule has 0 aliphatic heterocycles. The van der Waals surface area contributed by atoms with Crippen molar-refractivity contribution in [1.29, 1.82) is 0 Å². The monoisotopic (exact) mass is 161 g/mol. The molecule has 3 nitrogen and oxygen atoms in total. The van der Waals surface area contributed by atoms with Crippen molar-refractivity contribution < 1.29 is 14.6 Å². The largest absolute Gasteiger partial charge is 0.393 e. The molecule has 0 bridgehead atoms. The van der Waals surface area contributed by atoms with Gasteiger partial charge in [0.15, 0.2) is 0 Å². The molecule has 11 heavy (non-hydrogen) atoms. The van der Waals surface area contributed by atoms with Crippen molar-refractivity contribution in [3.05, 3.63) is 6.92 Å². The molecule has 3 heteroatoms. The molecule has 0 amide bonds. The summed E-state index contributed by atoms with van der Waals surface area (Å²) in [6, 6.07) is 0. The number of hydrogen-bond donors (Lipinski definition) is 1. The Morgan fingerprint density at radius 2 is 2.09 bits per heavy atom. The molecule has 1 N–H and O–H groups in total. The molecule has 0 spiro atoms. The van der Waals surface area contributed by atoms with Crippen LogP contribution in [0, 0.1) is 6.92 Å². The van der Waals surface area contributed by atoms with Crippen LogP contribution in [0.15, 0.2) is 0 Å². The maximum absolute atomic E-state index is 8.76. The highest BCUT2D eigenvalue weighted by Gasteiger charge is 1.94. The van der Waals surface area contributed by atoms with E-state index in [0.29, 0.717) is 26.2 Å². The number of aliphatic hydroxyl groups excluding tert-OH is 1. The van der Waals surface area contributed by atoms with Crippen LogP contribution in [0.3, 0.4) is 0 Å². The molecule has 0 fully saturated rings. The van der Waals surface area contributed by atoms with Gasteiger partial charge in [-0.05, 0) is 19.8 Å². The van der Waals surface area contributed by atoms with Crippen molar-refractivity contribution in [1.82, 2.24) is 0 Å². The lowest BCUT2D eigenvalue weighted by molar-refractivity contribution is 0.0645. The Labute approximate surface area is 68.3 Å². The molecule has 67 valence electrons. The molecule has 0 aromatic heterocycles. The van der Waals surface area contributed by atoms with Gasteiger partial charge in [-0.25, -0.2) is 0 Å². The topological polar surface area (TPSA) is 38.7 Å². The molecule has 1 unspecified atom stereocenters. The van der Waals surface area contributed by atoms with E-state index in [1.54, 1.807) is 7.11 Å². The van der Waals surface area contributed by atoms with Gasteiger partial charge in [-0.3, -0.25) is 0 Å². The van der Waals surface area contributed by atoms with Crippen LogP contribution in [0.5, 0.6) is 0 Å². The molecule has 0 rings (SSSR count). The molecule has 0 aromatic rings. The number of aliphatic hydroxyl groups is 1. The molecule has 0 saturated carbocycles. The Balaban J connectivity index is 2.80. The van der Waals surface area contributed by atoms with E-state index in [0.717, 1.165) is 6.42 Å². The summed E-state index contributed by atoms with van der Waals surface area (Å²) in [5.74, 6) is 0. The smallest absolute Gasteiger partial charge is 0.0700 e. The van der Waals surface area contributed by atoms with Gasteiger partial charge in [0.25, 0.3) is 0 Å². The van der Waals surface area contributed by atoms with Gasteiger partial charge in [-0.15, -0.1) is 0 Å². The average Bonchev–Trinajstić information content (AvgIpc) is 1.96. The van der Waals surface area contributed by atoms with E-state index in [2.05, 4.69) is 6.92 Å². The van der Waals surface area contributed by atoms with E-state index >= 15 is 0 Å². The Morgan fingerprint density at radius 3 is 2.64 bits per heavy atom. The Kier molecular flexibility index (Phi) is 7.89. The van der Waals surface area contributed by atoms with Gasteiger partial charge in [-0.2, -0.15) is 0 Å². The lowest BCUT2D eigenvalue weighted by atomic mass is 10.2. The normalized spacial score (nSPS) is 13.4. The van der Waals surface area contributed by atoms with Gasteiger partial charge in [0.1, 0.15) is 0 Å². The minimum Gasteiger partial charge on any atom is -0.393 e. The first-order chi connectivity index (χ1) is 5.27. The van der Waals surface area contributed by atoms with Crippen LogP contribution in [-0.2, 0) is 9.47 Å². The minimum atomic E-state index is -0.457. The maximum Gasteiger partial charge on any atom is 0.0700 e. The quantitative estimate of drug-likeness (QED) is 0.556. The predicted molar refractivity (Wildman–Crippen MR) is 43.3 cm³/mol. The molecular weight excluding hydrogens is 144 g/mol. The summed E-state index contributed by atoms with van der Waals surface area (Å²) >= 11 is 0. The van der Waals surface area contributed by atoms with Crippen molar-refractivity contribution in [2.45, 2.75) is 18.9 Å². The number of rotatable bonds is 7. The third kappa shape index (κ3) is 9.88. The lowest BCUT2D eigenvalue weighted by Crippen LogP contribution is -2.06. The van der Waals surface area contributed by atoms with E-state index in [1.165, 1.54) is 0 Å². The fourth-order valence-electron chi connectivity index (χ4n) is 0.665. The Bertz CT molecular complexity index is 73.7. The second-order valence-corrected chi connectivity index (χ2v) is 2.40. The van der Waals surface area contributed by atoms with Crippen LogP contribution in [0.2, 0.25) is 0 Å². The summed E-state index contributed by atoms with van der Waals surface area (Å²) in [6.45, 7) is 5.38. The third-order valence-electron chi connectivity index (χ3n) is 1.26. The first-order valence-corrected chi connectivity index (χ1v) is 3.85. The third-order valence-corrected chi connectivity index (χ3v) is 1.26. The zero-order valence-corrected chi connectivity index (χ0v) is 7.08. The molecule has 0 aliphatic rings. The van der Waals surface area contributed by atoms with Crippen LogP contribution in [0.1, 0.15) is 12.8 Å². The van der Waals surface area contributed by atoms with Crippen molar-refractivity contribution in [3.8, 4) is 0 Å².